The second kappa shape index (κ2) is 6.27. The second-order valence-corrected chi connectivity index (χ2v) is 7.86. The predicted octanol–water partition coefficient (Wildman–Crippen LogP) is 3.07. The zero-order valence-corrected chi connectivity index (χ0v) is 14.6. The van der Waals surface area contributed by atoms with Crippen LogP contribution in [0.2, 0.25) is 0 Å². The topological polar surface area (TPSA) is 24.5 Å². The van der Waals surface area contributed by atoms with E-state index in [1.165, 1.54) is 31.5 Å². The summed E-state index contributed by atoms with van der Waals surface area (Å²) in [6.45, 7) is 6.89. The highest BCUT2D eigenvalue weighted by molar-refractivity contribution is 9.10. The highest BCUT2D eigenvalue weighted by atomic mass is 79.9. The lowest BCUT2D eigenvalue weighted by atomic mass is 9.80. The van der Waals surface area contributed by atoms with Gasteiger partial charge in [0.15, 0.2) is 0 Å². The van der Waals surface area contributed by atoms with Crippen LogP contribution in [0.1, 0.15) is 25.3 Å². The van der Waals surface area contributed by atoms with Gasteiger partial charge >= 0.3 is 0 Å². The fourth-order valence-electron chi connectivity index (χ4n) is 3.27. The van der Waals surface area contributed by atoms with Crippen LogP contribution in [0.3, 0.4) is 0 Å². The molecule has 0 bridgehead atoms. The van der Waals surface area contributed by atoms with Crippen molar-refractivity contribution < 1.29 is 4.74 Å². The van der Waals surface area contributed by atoms with Crippen molar-refractivity contribution in [2.45, 2.75) is 32.3 Å². The number of likely N-dealkylation sites (tertiary alicyclic amines) is 1. The maximum atomic E-state index is 6.01. The van der Waals surface area contributed by atoms with Gasteiger partial charge in [0.2, 0.25) is 0 Å². The quantitative estimate of drug-likeness (QED) is 0.900. The van der Waals surface area contributed by atoms with Crippen molar-refractivity contribution >= 4 is 15.9 Å². The molecule has 3 rings (SSSR count). The zero-order chi connectivity index (χ0) is 14.9. The van der Waals surface area contributed by atoms with Crippen LogP contribution in [0.15, 0.2) is 22.7 Å². The van der Waals surface area contributed by atoms with Crippen LogP contribution in [-0.4, -0.2) is 44.2 Å². The van der Waals surface area contributed by atoms with Gasteiger partial charge in [0.25, 0.3) is 0 Å². The van der Waals surface area contributed by atoms with Crippen LogP contribution in [0.4, 0.5) is 0 Å². The minimum atomic E-state index is 0.282. The summed E-state index contributed by atoms with van der Waals surface area (Å²) in [5.41, 5.74) is 1.77. The lowest BCUT2D eigenvalue weighted by Gasteiger charge is -2.38. The summed E-state index contributed by atoms with van der Waals surface area (Å²) in [7, 11) is 2.22. The van der Waals surface area contributed by atoms with E-state index in [-0.39, 0.29) is 6.10 Å². The number of rotatable bonds is 4. The summed E-state index contributed by atoms with van der Waals surface area (Å²) in [6.07, 6.45) is 3.87. The fourth-order valence-corrected chi connectivity index (χ4v) is 3.68. The maximum absolute atomic E-state index is 6.01. The minimum Gasteiger partial charge on any atom is -0.488 e. The Kier molecular flexibility index (Phi) is 4.57. The molecule has 0 amide bonds. The minimum absolute atomic E-state index is 0.282. The van der Waals surface area contributed by atoms with E-state index in [1.54, 1.807) is 0 Å². The average molecular weight is 353 g/mol. The standard InChI is InChI=1S/C17H25BrN2O/c1-17(5-7-20(2)8-6-17)12-19-11-15-10-13-9-14(18)3-4-16(13)21-15/h3-4,9,15,19H,5-8,10-12H2,1-2H3. The molecule has 1 fully saturated rings. The van der Waals surface area contributed by atoms with E-state index < -0.39 is 0 Å². The molecular weight excluding hydrogens is 328 g/mol. The van der Waals surface area contributed by atoms with E-state index in [9.17, 15) is 0 Å². The predicted molar refractivity (Wildman–Crippen MR) is 90.0 cm³/mol. The highest BCUT2D eigenvalue weighted by Crippen LogP contribution is 2.32. The summed E-state index contributed by atoms with van der Waals surface area (Å²) in [4.78, 5) is 2.43. The molecular formula is C17H25BrN2O. The third-order valence-corrected chi connectivity index (χ3v) is 5.37. The van der Waals surface area contributed by atoms with Crippen molar-refractivity contribution in [1.82, 2.24) is 10.2 Å². The van der Waals surface area contributed by atoms with Gasteiger partial charge in [0.05, 0.1) is 0 Å². The largest absolute Gasteiger partial charge is 0.488 e. The Hall–Kier alpha value is -0.580. The molecule has 2 aliphatic rings. The van der Waals surface area contributed by atoms with Crippen LogP contribution < -0.4 is 10.1 Å². The monoisotopic (exact) mass is 352 g/mol. The van der Waals surface area contributed by atoms with E-state index >= 15 is 0 Å². The number of fused-ring (bicyclic) bond motifs is 1. The molecule has 1 saturated heterocycles. The van der Waals surface area contributed by atoms with Gasteiger partial charge in [0, 0.05) is 24.0 Å². The molecule has 1 atom stereocenters. The summed E-state index contributed by atoms with van der Waals surface area (Å²) in [5.74, 6) is 1.05. The molecule has 116 valence electrons. The molecule has 1 aromatic rings. The number of hydrogen-bond donors (Lipinski definition) is 1. The van der Waals surface area contributed by atoms with Crippen molar-refractivity contribution in [1.29, 1.82) is 0 Å². The lowest BCUT2D eigenvalue weighted by Crippen LogP contribution is -2.44. The van der Waals surface area contributed by atoms with Crippen molar-refractivity contribution in [2.24, 2.45) is 5.41 Å². The fraction of sp³-hybridized carbons (Fsp3) is 0.647. The van der Waals surface area contributed by atoms with Crippen LogP contribution >= 0.6 is 15.9 Å². The maximum Gasteiger partial charge on any atom is 0.123 e. The Morgan fingerprint density at radius 1 is 1.38 bits per heavy atom. The first-order chi connectivity index (χ1) is 10.0. The van der Waals surface area contributed by atoms with Gasteiger partial charge in [-0.25, -0.2) is 0 Å². The number of nitrogens with zero attached hydrogens (tertiary/aromatic N) is 1. The lowest BCUT2D eigenvalue weighted by molar-refractivity contribution is 0.131. The highest BCUT2D eigenvalue weighted by Gasteiger charge is 2.29. The van der Waals surface area contributed by atoms with Gasteiger partial charge < -0.3 is 15.0 Å². The molecule has 1 unspecified atom stereocenters. The molecule has 1 aromatic carbocycles. The van der Waals surface area contributed by atoms with Crippen molar-refractivity contribution in [3.63, 3.8) is 0 Å². The number of benzene rings is 1. The molecule has 0 aliphatic carbocycles. The van der Waals surface area contributed by atoms with E-state index in [0.717, 1.165) is 29.7 Å². The Labute approximate surface area is 136 Å². The second-order valence-electron chi connectivity index (χ2n) is 6.94. The normalized spacial score (nSPS) is 24.6. The SMILES string of the molecule is CN1CCC(C)(CNCC2Cc3cc(Br)ccc3O2)CC1. The first-order valence-corrected chi connectivity index (χ1v) is 8.68. The van der Waals surface area contributed by atoms with Gasteiger partial charge in [-0.1, -0.05) is 22.9 Å². The number of nitrogens with one attached hydrogen (secondary N) is 1. The van der Waals surface area contributed by atoms with E-state index in [0.29, 0.717) is 5.41 Å². The molecule has 0 spiro atoms. The molecule has 2 heterocycles. The number of piperidine rings is 1. The van der Waals surface area contributed by atoms with Crippen molar-refractivity contribution in [3.05, 3.63) is 28.2 Å². The van der Waals surface area contributed by atoms with E-state index in [1.807, 2.05) is 6.07 Å². The van der Waals surface area contributed by atoms with Gasteiger partial charge in [-0.3, -0.25) is 0 Å². The van der Waals surface area contributed by atoms with Crippen LogP contribution in [-0.2, 0) is 6.42 Å². The van der Waals surface area contributed by atoms with E-state index in [4.69, 9.17) is 4.74 Å². The Morgan fingerprint density at radius 2 is 2.14 bits per heavy atom. The Bertz CT molecular complexity index is 498. The number of hydrogen-bond acceptors (Lipinski definition) is 3. The van der Waals surface area contributed by atoms with E-state index in [2.05, 4.69) is 52.3 Å². The van der Waals surface area contributed by atoms with Gasteiger partial charge in [-0.05, 0) is 62.2 Å². The third kappa shape index (κ3) is 3.79. The molecule has 0 radical (unpaired) electrons. The Morgan fingerprint density at radius 3 is 2.90 bits per heavy atom. The molecule has 21 heavy (non-hydrogen) atoms. The third-order valence-electron chi connectivity index (χ3n) is 4.88. The first-order valence-electron chi connectivity index (χ1n) is 7.88. The average Bonchev–Trinajstić information content (AvgIpc) is 2.84. The number of halogens is 1. The molecule has 0 saturated carbocycles. The first kappa shape index (κ1) is 15.3. The molecule has 3 nitrogen and oxygen atoms in total. The van der Waals surface area contributed by atoms with Crippen LogP contribution in [0, 0.1) is 5.41 Å². The zero-order valence-electron chi connectivity index (χ0n) is 13.0. The molecule has 4 heteroatoms. The summed E-state index contributed by atoms with van der Waals surface area (Å²) >= 11 is 3.53. The van der Waals surface area contributed by atoms with Crippen molar-refractivity contribution in [3.8, 4) is 5.75 Å². The van der Waals surface area contributed by atoms with Crippen LogP contribution in [0.25, 0.3) is 0 Å². The summed E-state index contributed by atoms with van der Waals surface area (Å²) in [5, 5.41) is 3.65. The summed E-state index contributed by atoms with van der Waals surface area (Å²) < 4.78 is 7.15. The molecule has 0 aromatic heterocycles. The van der Waals surface area contributed by atoms with Crippen molar-refractivity contribution in [2.75, 3.05) is 33.2 Å². The molecule has 2 aliphatic heterocycles. The molecule has 1 N–H and O–H groups in total. The van der Waals surface area contributed by atoms with Gasteiger partial charge in [-0.15, -0.1) is 0 Å². The Balaban J connectivity index is 1.45. The number of ether oxygens (including phenoxy) is 1. The smallest absolute Gasteiger partial charge is 0.123 e. The summed E-state index contributed by atoms with van der Waals surface area (Å²) in [6, 6.07) is 6.29. The van der Waals surface area contributed by atoms with Gasteiger partial charge in [-0.2, -0.15) is 0 Å². The van der Waals surface area contributed by atoms with Crippen LogP contribution in [0.5, 0.6) is 5.75 Å². The van der Waals surface area contributed by atoms with Gasteiger partial charge in [0.1, 0.15) is 11.9 Å².